The zero-order valence-corrected chi connectivity index (χ0v) is 25.2. The van der Waals surface area contributed by atoms with Gasteiger partial charge in [0.2, 0.25) is 17.7 Å². The summed E-state index contributed by atoms with van der Waals surface area (Å²) < 4.78 is 0. The van der Waals surface area contributed by atoms with E-state index < -0.39 is 12.1 Å². The quantitative estimate of drug-likeness (QED) is 0.355. The van der Waals surface area contributed by atoms with Gasteiger partial charge in [0.25, 0.3) is 0 Å². The Morgan fingerprint density at radius 1 is 0.975 bits per heavy atom. The van der Waals surface area contributed by atoms with Gasteiger partial charge in [0.1, 0.15) is 0 Å². The lowest BCUT2D eigenvalue weighted by Crippen LogP contribution is -2.60. The van der Waals surface area contributed by atoms with Gasteiger partial charge in [-0.3, -0.25) is 24.2 Å². The van der Waals surface area contributed by atoms with Crippen LogP contribution in [0.4, 0.5) is 0 Å². The Balaban J connectivity index is 1.38. The smallest absolute Gasteiger partial charge is 0.237 e. The van der Waals surface area contributed by atoms with Crippen LogP contribution in [0.5, 0.6) is 0 Å². The minimum atomic E-state index is -0.936. The molecule has 0 spiro atoms. The number of β-amino-alcohol motifs (C(OH)–C–C–N with tert-alkyl or cyclic N) is 1. The third-order valence-corrected chi connectivity index (χ3v) is 10.7. The number of likely N-dealkylation sites (tertiary alicyclic amines) is 2. The Bertz CT molecular complexity index is 1040. The molecule has 7 atom stereocenters. The first kappa shape index (κ1) is 29.6. The Hall–Kier alpha value is -1.90. The number of thioether (sulfide) groups is 1. The minimum Gasteiger partial charge on any atom is -0.390 e. The highest BCUT2D eigenvalue weighted by molar-refractivity contribution is 7.99. The average molecular weight is 570 g/mol. The third-order valence-electron chi connectivity index (χ3n) is 9.54. The van der Waals surface area contributed by atoms with E-state index in [1.807, 2.05) is 51.1 Å². The lowest BCUT2D eigenvalue weighted by molar-refractivity contribution is -0.146. The summed E-state index contributed by atoms with van der Waals surface area (Å²) >= 11 is 1.57. The van der Waals surface area contributed by atoms with Crippen molar-refractivity contribution in [2.24, 2.45) is 23.7 Å². The number of imide groups is 1. The predicted octanol–water partition coefficient (Wildman–Crippen LogP) is 4.48. The van der Waals surface area contributed by atoms with Crippen LogP contribution in [0.1, 0.15) is 78.6 Å². The molecule has 0 aromatic heterocycles. The fourth-order valence-electron chi connectivity index (χ4n) is 7.56. The van der Waals surface area contributed by atoms with Crippen LogP contribution in [-0.4, -0.2) is 75.2 Å². The van der Waals surface area contributed by atoms with Gasteiger partial charge in [0, 0.05) is 29.3 Å². The summed E-state index contributed by atoms with van der Waals surface area (Å²) in [7, 11) is 0. The minimum absolute atomic E-state index is 0.0123. The van der Waals surface area contributed by atoms with Gasteiger partial charge in [-0.25, -0.2) is 0 Å². The summed E-state index contributed by atoms with van der Waals surface area (Å²) in [5.41, 5.74) is -0.343. The molecule has 8 heteroatoms. The molecule has 3 amide bonds. The van der Waals surface area contributed by atoms with Crippen LogP contribution in [0.3, 0.4) is 0 Å². The molecule has 1 aromatic carbocycles. The van der Waals surface area contributed by atoms with E-state index in [2.05, 4.69) is 10.2 Å². The van der Waals surface area contributed by atoms with E-state index >= 15 is 0 Å². The molecule has 2 N–H and O–H groups in total. The highest BCUT2D eigenvalue weighted by atomic mass is 32.2. The van der Waals surface area contributed by atoms with Crippen molar-refractivity contribution >= 4 is 29.5 Å². The van der Waals surface area contributed by atoms with Gasteiger partial charge in [0.15, 0.2) is 0 Å². The zero-order valence-electron chi connectivity index (χ0n) is 24.4. The van der Waals surface area contributed by atoms with Crippen LogP contribution in [-0.2, 0) is 14.4 Å². The summed E-state index contributed by atoms with van der Waals surface area (Å²) in [5, 5.41) is 15.0. The first-order valence-corrected chi connectivity index (χ1v) is 16.4. The topological polar surface area (TPSA) is 90.0 Å². The number of piperidine rings is 1. The van der Waals surface area contributed by atoms with Crippen molar-refractivity contribution < 1.29 is 19.5 Å². The number of fused-ring (bicyclic) bond motifs is 2. The number of hydrogen-bond donors (Lipinski definition) is 2. The second kappa shape index (κ2) is 12.5. The molecule has 220 valence electrons. The molecule has 40 heavy (non-hydrogen) atoms. The van der Waals surface area contributed by atoms with Crippen LogP contribution in [0.15, 0.2) is 35.2 Å². The van der Waals surface area contributed by atoms with Crippen molar-refractivity contribution in [1.82, 2.24) is 15.1 Å². The monoisotopic (exact) mass is 569 g/mol. The maximum absolute atomic E-state index is 13.6. The first-order valence-electron chi connectivity index (χ1n) is 15.4. The number of hydrogen-bond acceptors (Lipinski definition) is 6. The van der Waals surface area contributed by atoms with Crippen molar-refractivity contribution in [1.29, 1.82) is 0 Å². The van der Waals surface area contributed by atoms with E-state index in [1.54, 1.807) is 11.8 Å². The van der Waals surface area contributed by atoms with Gasteiger partial charge in [-0.2, -0.15) is 0 Å². The fraction of sp³-hybridized carbons (Fsp3) is 0.719. The summed E-state index contributed by atoms with van der Waals surface area (Å²) in [6.45, 7) is 7.04. The zero-order chi connectivity index (χ0) is 28.4. The fourth-order valence-corrected chi connectivity index (χ4v) is 8.64. The molecule has 4 fully saturated rings. The summed E-state index contributed by atoms with van der Waals surface area (Å²) in [5.74, 6) is 0.781. The lowest BCUT2D eigenvalue weighted by atomic mass is 9.72. The van der Waals surface area contributed by atoms with Gasteiger partial charge in [-0.15, -0.1) is 11.8 Å². The SMILES string of the molecule is CC(C)(C)NC(=O)[C@@H]1C[C@@H]2CCCC[C@@H]2CN1C[C@@H](O)[C@H](CSc1ccccc1)N1C(=O)C2CCCCC2C1=O. The number of carbonyl (C=O) groups is 3. The maximum atomic E-state index is 13.6. The molecule has 2 heterocycles. The molecule has 0 radical (unpaired) electrons. The van der Waals surface area contributed by atoms with Crippen molar-refractivity contribution in [2.75, 3.05) is 18.8 Å². The van der Waals surface area contributed by atoms with E-state index in [0.29, 0.717) is 17.6 Å². The molecule has 5 rings (SSSR count). The molecular formula is C32H47N3O4S. The second-order valence-electron chi connectivity index (χ2n) is 13.6. The van der Waals surface area contributed by atoms with E-state index in [1.165, 1.54) is 17.7 Å². The summed E-state index contributed by atoms with van der Waals surface area (Å²) in [4.78, 5) is 45.4. The summed E-state index contributed by atoms with van der Waals surface area (Å²) in [6, 6.07) is 8.99. The van der Waals surface area contributed by atoms with Crippen LogP contribution in [0, 0.1) is 23.7 Å². The predicted molar refractivity (Wildman–Crippen MR) is 158 cm³/mol. The molecule has 2 saturated carbocycles. The molecule has 2 aliphatic carbocycles. The average Bonchev–Trinajstić information content (AvgIpc) is 3.18. The second-order valence-corrected chi connectivity index (χ2v) is 14.6. The van der Waals surface area contributed by atoms with Gasteiger partial charge < -0.3 is 10.4 Å². The summed E-state index contributed by atoms with van der Waals surface area (Å²) in [6.07, 6.45) is 8.07. The van der Waals surface area contributed by atoms with Gasteiger partial charge in [-0.1, -0.05) is 50.3 Å². The standard InChI is InChI=1S/C32H47N3O4S/c1-32(2,3)33-29(37)26-17-21-11-7-8-12-22(21)18-34(26)19-28(36)27(20-40-23-13-5-4-6-14-23)35-30(38)24-15-9-10-16-25(24)31(35)39/h4-6,13-14,21-22,24-28,36H,7-12,15-20H2,1-3H3,(H,33,37)/t21-,22+,24?,25?,26-,27-,28+/m0/s1. The lowest BCUT2D eigenvalue weighted by Gasteiger charge is -2.47. The number of amides is 3. The largest absolute Gasteiger partial charge is 0.390 e. The first-order chi connectivity index (χ1) is 19.1. The number of nitrogens with zero attached hydrogens (tertiary/aromatic N) is 2. The molecule has 2 saturated heterocycles. The van der Waals surface area contributed by atoms with Crippen LogP contribution in [0.2, 0.25) is 0 Å². The van der Waals surface area contributed by atoms with E-state index in [-0.39, 0.29) is 47.7 Å². The van der Waals surface area contributed by atoms with Crippen molar-refractivity contribution in [3.05, 3.63) is 30.3 Å². The van der Waals surface area contributed by atoms with Gasteiger partial charge in [0.05, 0.1) is 30.0 Å². The van der Waals surface area contributed by atoms with Crippen LogP contribution < -0.4 is 5.32 Å². The van der Waals surface area contributed by atoms with Crippen molar-refractivity contribution in [3.8, 4) is 0 Å². The maximum Gasteiger partial charge on any atom is 0.237 e. The number of carbonyl (C=O) groups excluding carboxylic acids is 3. The highest BCUT2D eigenvalue weighted by Gasteiger charge is 2.52. The van der Waals surface area contributed by atoms with Gasteiger partial charge >= 0.3 is 0 Å². The van der Waals surface area contributed by atoms with E-state index in [9.17, 15) is 19.5 Å². The van der Waals surface area contributed by atoms with E-state index in [0.717, 1.165) is 56.4 Å². The third kappa shape index (κ3) is 6.60. The Labute approximate surface area is 243 Å². The van der Waals surface area contributed by atoms with Gasteiger partial charge in [-0.05, 0) is 70.4 Å². The molecule has 4 aliphatic rings. The Morgan fingerprint density at radius 3 is 2.20 bits per heavy atom. The number of benzene rings is 1. The molecule has 7 nitrogen and oxygen atoms in total. The molecular weight excluding hydrogens is 522 g/mol. The van der Waals surface area contributed by atoms with Crippen LogP contribution >= 0.6 is 11.8 Å². The highest BCUT2D eigenvalue weighted by Crippen LogP contribution is 2.41. The number of aliphatic hydroxyl groups is 1. The molecule has 2 aliphatic heterocycles. The normalized spacial score (nSPS) is 30.9. The van der Waals surface area contributed by atoms with Crippen molar-refractivity contribution in [2.45, 2.75) is 107 Å². The Kier molecular flexibility index (Phi) is 9.27. The van der Waals surface area contributed by atoms with Crippen LogP contribution in [0.25, 0.3) is 0 Å². The molecule has 2 unspecified atom stereocenters. The molecule has 0 bridgehead atoms. The number of nitrogens with one attached hydrogen (secondary N) is 1. The Morgan fingerprint density at radius 2 is 1.57 bits per heavy atom. The number of rotatable bonds is 8. The number of aliphatic hydroxyl groups excluding tert-OH is 1. The molecule has 1 aromatic rings. The van der Waals surface area contributed by atoms with E-state index in [4.69, 9.17) is 0 Å². The van der Waals surface area contributed by atoms with Crippen molar-refractivity contribution in [3.63, 3.8) is 0 Å².